The molecule has 0 saturated carbocycles. The fourth-order valence-electron chi connectivity index (χ4n) is 2.90. The minimum absolute atomic E-state index is 0.172. The number of hydrogen-bond donors (Lipinski definition) is 0. The van der Waals surface area contributed by atoms with Crippen molar-refractivity contribution in [2.24, 2.45) is 0 Å². The average molecular weight is 354 g/mol. The molecule has 6 heteroatoms. The van der Waals surface area contributed by atoms with E-state index in [2.05, 4.69) is 17.0 Å². The van der Waals surface area contributed by atoms with Gasteiger partial charge in [-0.3, -0.25) is 4.79 Å². The number of piperazine rings is 1. The van der Waals surface area contributed by atoms with Crippen molar-refractivity contribution in [3.63, 3.8) is 0 Å². The van der Waals surface area contributed by atoms with E-state index in [9.17, 15) is 9.59 Å². The summed E-state index contributed by atoms with van der Waals surface area (Å²) in [7, 11) is 1.53. The monoisotopic (exact) mass is 354 g/mol. The SMILES string of the molecule is COc1cccc(C(=O)OCC(=O)N2CCN(c3ccccc3)CC2)c1. The Balaban J connectivity index is 1.47. The topological polar surface area (TPSA) is 59.1 Å². The molecule has 2 aromatic carbocycles. The lowest BCUT2D eigenvalue weighted by Gasteiger charge is -2.36. The third-order valence-corrected chi connectivity index (χ3v) is 4.39. The molecule has 3 rings (SSSR count). The van der Waals surface area contributed by atoms with E-state index in [0.29, 0.717) is 24.4 Å². The van der Waals surface area contributed by atoms with Crippen LogP contribution in [-0.2, 0) is 9.53 Å². The van der Waals surface area contributed by atoms with Crippen molar-refractivity contribution >= 4 is 17.6 Å². The molecule has 0 aromatic heterocycles. The number of carbonyl (C=O) groups excluding carboxylic acids is 2. The molecular weight excluding hydrogens is 332 g/mol. The summed E-state index contributed by atoms with van der Waals surface area (Å²) in [5.41, 5.74) is 1.52. The zero-order chi connectivity index (χ0) is 18.4. The second kappa shape index (κ2) is 8.38. The third-order valence-electron chi connectivity index (χ3n) is 4.39. The minimum Gasteiger partial charge on any atom is -0.497 e. The number of benzene rings is 2. The summed E-state index contributed by atoms with van der Waals surface area (Å²) in [5, 5.41) is 0. The summed E-state index contributed by atoms with van der Waals surface area (Å²) in [6.07, 6.45) is 0. The fraction of sp³-hybridized carbons (Fsp3) is 0.300. The number of nitrogens with zero attached hydrogens (tertiary/aromatic N) is 2. The Morgan fingerprint density at radius 3 is 2.38 bits per heavy atom. The van der Waals surface area contributed by atoms with E-state index in [4.69, 9.17) is 9.47 Å². The first-order chi connectivity index (χ1) is 12.7. The van der Waals surface area contributed by atoms with Gasteiger partial charge in [0.05, 0.1) is 12.7 Å². The molecule has 26 heavy (non-hydrogen) atoms. The van der Waals surface area contributed by atoms with Gasteiger partial charge >= 0.3 is 5.97 Å². The van der Waals surface area contributed by atoms with Crippen molar-refractivity contribution < 1.29 is 19.1 Å². The van der Waals surface area contributed by atoms with Crippen LogP contribution in [0.1, 0.15) is 10.4 Å². The summed E-state index contributed by atoms with van der Waals surface area (Å²) in [5.74, 6) is -0.128. The Labute approximate surface area is 152 Å². The highest BCUT2D eigenvalue weighted by Gasteiger charge is 2.22. The molecule has 0 unspecified atom stereocenters. The van der Waals surface area contributed by atoms with Gasteiger partial charge in [-0.05, 0) is 30.3 Å². The van der Waals surface area contributed by atoms with Crippen molar-refractivity contribution in [2.75, 3.05) is 44.8 Å². The predicted molar refractivity (Wildman–Crippen MR) is 98.5 cm³/mol. The molecule has 0 atom stereocenters. The predicted octanol–water partition coefficient (Wildman–Crippen LogP) is 2.20. The summed E-state index contributed by atoms with van der Waals surface area (Å²) in [4.78, 5) is 28.4. The van der Waals surface area contributed by atoms with Gasteiger partial charge < -0.3 is 19.3 Å². The van der Waals surface area contributed by atoms with Crippen molar-refractivity contribution in [2.45, 2.75) is 0 Å². The van der Waals surface area contributed by atoms with E-state index in [-0.39, 0.29) is 12.5 Å². The van der Waals surface area contributed by atoms with Crippen molar-refractivity contribution in [1.29, 1.82) is 0 Å². The lowest BCUT2D eigenvalue weighted by Crippen LogP contribution is -2.49. The van der Waals surface area contributed by atoms with Crippen LogP contribution in [0, 0.1) is 0 Å². The van der Waals surface area contributed by atoms with Gasteiger partial charge in [-0.15, -0.1) is 0 Å². The zero-order valence-electron chi connectivity index (χ0n) is 14.8. The number of anilines is 1. The number of carbonyl (C=O) groups is 2. The molecule has 1 aliphatic rings. The molecule has 0 aliphatic carbocycles. The van der Waals surface area contributed by atoms with Crippen molar-refractivity contribution in [3.8, 4) is 5.75 Å². The highest BCUT2D eigenvalue weighted by molar-refractivity contribution is 5.91. The quantitative estimate of drug-likeness (QED) is 0.771. The van der Waals surface area contributed by atoms with Crippen LogP contribution in [0.15, 0.2) is 54.6 Å². The van der Waals surface area contributed by atoms with Gasteiger partial charge in [-0.2, -0.15) is 0 Å². The standard InChI is InChI=1S/C20H22N2O4/c1-25-18-9-5-6-16(14-18)20(24)26-15-19(23)22-12-10-21(11-13-22)17-7-3-2-4-8-17/h2-9,14H,10-13,15H2,1H3. The first kappa shape index (κ1) is 17.8. The van der Waals surface area contributed by atoms with E-state index in [1.807, 2.05) is 18.2 Å². The van der Waals surface area contributed by atoms with Crippen molar-refractivity contribution in [1.82, 2.24) is 4.90 Å². The molecule has 1 fully saturated rings. The first-order valence-corrected chi connectivity index (χ1v) is 8.56. The number of rotatable bonds is 5. The van der Waals surface area contributed by atoms with Crippen LogP contribution in [0.5, 0.6) is 5.75 Å². The molecular formula is C20H22N2O4. The minimum atomic E-state index is -0.528. The van der Waals surface area contributed by atoms with Gasteiger partial charge in [0, 0.05) is 31.9 Å². The summed E-state index contributed by atoms with van der Waals surface area (Å²) >= 11 is 0. The smallest absolute Gasteiger partial charge is 0.338 e. The Bertz CT molecular complexity index is 755. The molecule has 2 aromatic rings. The van der Waals surface area contributed by atoms with Crippen LogP contribution >= 0.6 is 0 Å². The molecule has 1 aliphatic heterocycles. The highest BCUT2D eigenvalue weighted by Crippen LogP contribution is 2.16. The van der Waals surface area contributed by atoms with Crippen LogP contribution in [0.4, 0.5) is 5.69 Å². The number of esters is 1. The summed E-state index contributed by atoms with van der Waals surface area (Å²) in [6.45, 7) is 2.51. The average Bonchev–Trinajstić information content (AvgIpc) is 2.72. The number of ether oxygens (including phenoxy) is 2. The second-order valence-electron chi connectivity index (χ2n) is 6.01. The number of methoxy groups -OCH3 is 1. The Hall–Kier alpha value is -3.02. The summed E-state index contributed by atoms with van der Waals surface area (Å²) < 4.78 is 10.2. The maximum atomic E-state index is 12.3. The molecule has 0 bridgehead atoms. The lowest BCUT2D eigenvalue weighted by molar-refractivity contribution is -0.134. The van der Waals surface area contributed by atoms with Gasteiger partial charge in [-0.1, -0.05) is 24.3 Å². The molecule has 1 heterocycles. The first-order valence-electron chi connectivity index (χ1n) is 8.56. The normalized spacial score (nSPS) is 14.0. The van der Waals surface area contributed by atoms with E-state index in [1.165, 1.54) is 7.11 Å². The Morgan fingerprint density at radius 2 is 1.69 bits per heavy atom. The zero-order valence-corrected chi connectivity index (χ0v) is 14.8. The van der Waals surface area contributed by atoms with Crippen LogP contribution in [0.3, 0.4) is 0 Å². The molecule has 1 amide bonds. The lowest BCUT2D eigenvalue weighted by atomic mass is 10.2. The van der Waals surface area contributed by atoms with E-state index >= 15 is 0 Å². The summed E-state index contributed by atoms with van der Waals surface area (Å²) in [6, 6.07) is 16.8. The molecule has 0 spiro atoms. The van der Waals surface area contributed by atoms with Gasteiger partial charge in [0.1, 0.15) is 5.75 Å². The maximum Gasteiger partial charge on any atom is 0.338 e. The molecule has 6 nitrogen and oxygen atoms in total. The Morgan fingerprint density at radius 1 is 0.962 bits per heavy atom. The molecule has 1 saturated heterocycles. The van der Waals surface area contributed by atoms with Crippen molar-refractivity contribution in [3.05, 3.63) is 60.2 Å². The number of amides is 1. The van der Waals surface area contributed by atoms with E-state index in [1.54, 1.807) is 29.2 Å². The van der Waals surface area contributed by atoms with Gasteiger partial charge in [0.2, 0.25) is 0 Å². The van der Waals surface area contributed by atoms with Gasteiger partial charge in [-0.25, -0.2) is 4.79 Å². The third kappa shape index (κ3) is 4.33. The molecule has 0 radical (unpaired) electrons. The molecule has 136 valence electrons. The van der Waals surface area contributed by atoms with Crippen LogP contribution in [0.2, 0.25) is 0 Å². The number of para-hydroxylation sites is 1. The van der Waals surface area contributed by atoms with Crippen LogP contribution < -0.4 is 9.64 Å². The largest absolute Gasteiger partial charge is 0.497 e. The Kier molecular flexibility index (Phi) is 5.73. The number of hydrogen-bond acceptors (Lipinski definition) is 5. The van der Waals surface area contributed by atoms with Gasteiger partial charge in [0.15, 0.2) is 6.61 Å². The maximum absolute atomic E-state index is 12.3. The van der Waals surface area contributed by atoms with E-state index in [0.717, 1.165) is 18.8 Å². The van der Waals surface area contributed by atoms with Crippen LogP contribution in [-0.4, -0.2) is 56.7 Å². The van der Waals surface area contributed by atoms with Gasteiger partial charge in [0.25, 0.3) is 5.91 Å². The van der Waals surface area contributed by atoms with E-state index < -0.39 is 5.97 Å². The van der Waals surface area contributed by atoms with Crippen LogP contribution in [0.25, 0.3) is 0 Å². The highest BCUT2D eigenvalue weighted by atomic mass is 16.5. The second-order valence-corrected chi connectivity index (χ2v) is 6.01. The fourth-order valence-corrected chi connectivity index (χ4v) is 2.90. The molecule has 0 N–H and O–H groups in total.